The molecule has 144 valence electrons. The lowest BCUT2D eigenvalue weighted by Crippen LogP contribution is -2.29. The predicted octanol–water partition coefficient (Wildman–Crippen LogP) is 1.67. The van der Waals surface area contributed by atoms with Gasteiger partial charge in [0, 0.05) is 19.7 Å². The Labute approximate surface area is 153 Å². The molecule has 0 fully saturated rings. The third-order valence-electron chi connectivity index (χ3n) is 3.81. The Bertz CT molecular complexity index is 912. The van der Waals surface area contributed by atoms with Gasteiger partial charge in [-0.3, -0.25) is 19.7 Å². The molecule has 0 saturated carbocycles. The lowest BCUT2D eigenvalue weighted by molar-refractivity contribution is -0.385. The number of para-hydroxylation sites is 2. The van der Waals surface area contributed by atoms with Gasteiger partial charge in [-0.15, -0.1) is 0 Å². The minimum atomic E-state index is -0.962. The molecule has 1 amide bonds. The molecule has 0 bridgehead atoms. The average Bonchev–Trinajstić information content (AvgIpc) is 2.66. The summed E-state index contributed by atoms with van der Waals surface area (Å²) in [4.78, 5) is 34.2. The van der Waals surface area contributed by atoms with Gasteiger partial charge in [-0.25, -0.2) is 4.39 Å². The molecule has 1 aromatic heterocycles. The monoisotopic (exact) mass is 379 g/mol. The van der Waals surface area contributed by atoms with Crippen LogP contribution in [0.25, 0.3) is 0 Å². The second-order valence-electron chi connectivity index (χ2n) is 5.58. The van der Waals surface area contributed by atoms with Crippen LogP contribution in [-0.2, 0) is 13.7 Å². The number of benzene rings is 1. The van der Waals surface area contributed by atoms with Gasteiger partial charge in [0.15, 0.2) is 11.5 Å². The summed E-state index contributed by atoms with van der Waals surface area (Å²) in [5.74, 6) is -1.38. The molecule has 0 atom stereocenters. The Morgan fingerprint density at radius 1 is 1.41 bits per heavy atom. The minimum Gasteiger partial charge on any atom is -0.502 e. The number of carbonyl (C=O) groups excluding carboxylic acids is 1. The Balaban J connectivity index is 1.92. The van der Waals surface area contributed by atoms with Crippen LogP contribution in [0.4, 0.5) is 10.1 Å². The molecule has 0 radical (unpaired) electrons. The molecule has 0 saturated heterocycles. The van der Waals surface area contributed by atoms with Gasteiger partial charge in [-0.2, -0.15) is 0 Å². The van der Waals surface area contributed by atoms with E-state index in [1.54, 1.807) is 6.07 Å². The van der Waals surface area contributed by atoms with Crippen molar-refractivity contribution in [2.45, 2.75) is 13.1 Å². The molecular weight excluding hydrogens is 361 g/mol. The molecule has 0 aliphatic carbocycles. The zero-order valence-electron chi connectivity index (χ0n) is 14.5. The number of halogens is 1. The lowest BCUT2D eigenvalue weighted by atomic mass is 10.2. The number of nitro benzene ring substituents is 1. The molecule has 0 aliphatic heterocycles. The molecule has 9 nitrogen and oxygen atoms in total. The highest BCUT2D eigenvalue weighted by molar-refractivity contribution is 5.96. The molecule has 2 N–H and O–H groups in total. The number of alkyl halides is 1. The minimum absolute atomic E-state index is 0.0392. The van der Waals surface area contributed by atoms with E-state index in [0.717, 1.165) is 10.6 Å². The Hall–Kier alpha value is -3.43. The van der Waals surface area contributed by atoms with E-state index >= 15 is 0 Å². The fraction of sp³-hybridized carbons (Fsp3) is 0.294. The molecule has 10 heteroatoms. The summed E-state index contributed by atoms with van der Waals surface area (Å²) in [5, 5.41) is 23.2. The van der Waals surface area contributed by atoms with Crippen molar-refractivity contribution in [1.82, 2.24) is 9.88 Å². The fourth-order valence-electron chi connectivity index (χ4n) is 2.32. The average molecular weight is 379 g/mol. The van der Waals surface area contributed by atoms with Gasteiger partial charge in [-0.1, -0.05) is 12.1 Å². The normalized spacial score (nSPS) is 10.4. The van der Waals surface area contributed by atoms with Crippen molar-refractivity contribution in [3.63, 3.8) is 0 Å². The molecule has 0 unspecified atom stereocenters. The van der Waals surface area contributed by atoms with Crippen LogP contribution in [0.15, 0.2) is 35.1 Å². The van der Waals surface area contributed by atoms with Crippen LogP contribution < -0.4 is 15.6 Å². The van der Waals surface area contributed by atoms with Gasteiger partial charge in [0.1, 0.15) is 6.67 Å². The second-order valence-corrected chi connectivity index (χ2v) is 5.58. The highest BCUT2D eigenvalue weighted by Crippen LogP contribution is 2.25. The number of pyridine rings is 1. The molecule has 2 rings (SSSR count). The van der Waals surface area contributed by atoms with E-state index in [0.29, 0.717) is 6.42 Å². The van der Waals surface area contributed by atoms with Gasteiger partial charge >= 0.3 is 5.69 Å². The first-order valence-corrected chi connectivity index (χ1v) is 7.99. The molecule has 0 aliphatic rings. The number of nitrogens with one attached hydrogen (secondary N) is 1. The SMILES string of the molecule is Cn1c(CF)cc(C(=O)NCCCOc2ccccc2[N+](=O)[O-])c(O)c1=O. The molecule has 2 aromatic rings. The van der Waals surface area contributed by atoms with Crippen LogP contribution in [0.2, 0.25) is 0 Å². The maximum absolute atomic E-state index is 12.9. The summed E-state index contributed by atoms with van der Waals surface area (Å²) >= 11 is 0. The first kappa shape index (κ1) is 19.9. The third-order valence-corrected chi connectivity index (χ3v) is 3.81. The summed E-state index contributed by atoms with van der Waals surface area (Å²) in [6.45, 7) is -0.738. The van der Waals surface area contributed by atoms with Gasteiger partial charge < -0.3 is 19.7 Å². The van der Waals surface area contributed by atoms with E-state index < -0.39 is 28.8 Å². The first-order chi connectivity index (χ1) is 12.9. The molecular formula is C17H18FN3O6. The van der Waals surface area contributed by atoms with Gasteiger partial charge in [0.25, 0.3) is 11.5 Å². The van der Waals surface area contributed by atoms with Crippen LogP contribution >= 0.6 is 0 Å². The topological polar surface area (TPSA) is 124 Å². The number of rotatable bonds is 8. The van der Waals surface area contributed by atoms with Gasteiger partial charge in [0.2, 0.25) is 0 Å². The number of carbonyl (C=O) groups is 1. The highest BCUT2D eigenvalue weighted by atomic mass is 19.1. The van der Waals surface area contributed by atoms with Crippen LogP contribution in [-0.4, -0.2) is 33.7 Å². The largest absolute Gasteiger partial charge is 0.502 e. The van der Waals surface area contributed by atoms with Crippen molar-refractivity contribution < 1.29 is 24.0 Å². The number of nitrogens with zero attached hydrogens (tertiary/aromatic N) is 2. The quantitative estimate of drug-likeness (QED) is 0.408. The zero-order chi connectivity index (χ0) is 20.0. The van der Waals surface area contributed by atoms with Crippen LogP contribution in [0.5, 0.6) is 11.5 Å². The number of aromatic hydroxyl groups is 1. The summed E-state index contributed by atoms with van der Waals surface area (Å²) in [7, 11) is 1.29. The van der Waals surface area contributed by atoms with E-state index in [1.807, 2.05) is 0 Å². The van der Waals surface area contributed by atoms with E-state index in [9.17, 15) is 29.2 Å². The summed E-state index contributed by atoms with van der Waals surface area (Å²) in [6, 6.07) is 7.01. The second kappa shape index (κ2) is 8.79. The number of aromatic nitrogens is 1. The van der Waals surface area contributed by atoms with Gasteiger partial charge in [-0.05, 0) is 18.6 Å². The van der Waals surface area contributed by atoms with Crippen molar-refractivity contribution in [2.24, 2.45) is 7.05 Å². The lowest BCUT2D eigenvalue weighted by Gasteiger charge is -2.11. The van der Waals surface area contributed by atoms with Crippen LogP contribution in [0, 0.1) is 10.1 Å². The third kappa shape index (κ3) is 4.60. The first-order valence-electron chi connectivity index (χ1n) is 7.99. The number of nitro groups is 1. The summed E-state index contributed by atoms with van der Waals surface area (Å²) in [5.41, 5.74) is -1.38. The molecule has 0 spiro atoms. The Morgan fingerprint density at radius 2 is 2.11 bits per heavy atom. The van der Waals surface area contributed by atoms with Crippen molar-refractivity contribution in [2.75, 3.05) is 13.2 Å². The van der Waals surface area contributed by atoms with E-state index in [-0.39, 0.29) is 35.8 Å². The van der Waals surface area contributed by atoms with Crippen LogP contribution in [0.3, 0.4) is 0 Å². The van der Waals surface area contributed by atoms with Crippen LogP contribution in [0.1, 0.15) is 22.5 Å². The Morgan fingerprint density at radius 3 is 2.78 bits per heavy atom. The maximum atomic E-state index is 12.9. The molecule has 27 heavy (non-hydrogen) atoms. The summed E-state index contributed by atoms with van der Waals surface area (Å²) < 4.78 is 19.2. The Kier molecular flexibility index (Phi) is 6.47. The van der Waals surface area contributed by atoms with Gasteiger partial charge in [0.05, 0.1) is 22.8 Å². The van der Waals surface area contributed by atoms with Crippen molar-refractivity contribution >= 4 is 11.6 Å². The van der Waals surface area contributed by atoms with E-state index in [2.05, 4.69) is 5.32 Å². The molecule has 1 heterocycles. The van der Waals surface area contributed by atoms with Crippen molar-refractivity contribution in [3.8, 4) is 11.5 Å². The summed E-state index contributed by atoms with van der Waals surface area (Å²) in [6.07, 6.45) is 0.319. The van der Waals surface area contributed by atoms with Crippen molar-refractivity contribution in [3.05, 3.63) is 62.1 Å². The zero-order valence-corrected chi connectivity index (χ0v) is 14.5. The van der Waals surface area contributed by atoms with E-state index in [1.165, 1.54) is 25.2 Å². The number of amides is 1. The predicted molar refractivity (Wildman–Crippen MR) is 93.7 cm³/mol. The fourth-order valence-corrected chi connectivity index (χ4v) is 2.32. The number of ether oxygens (including phenoxy) is 1. The standard InChI is InChI=1S/C17H18FN3O6/c1-20-11(10-18)9-12(15(22)17(20)24)16(23)19-7-4-8-27-14-6-3-2-5-13(14)21(25)26/h2-3,5-6,9,22H,4,7-8,10H2,1H3,(H,19,23). The highest BCUT2D eigenvalue weighted by Gasteiger charge is 2.18. The number of hydrogen-bond acceptors (Lipinski definition) is 6. The maximum Gasteiger partial charge on any atom is 0.310 e. The molecule has 1 aromatic carbocycles. The van der Waals surface area contributed by atoms with E-state index in [4.69, 9.17) is 4.74 Å². The smallest absolute Gasteiger partial charge is 0.310 e. The van der Waals surface area contributed by atoms with Crippen molar-refractivity contribution in [1.29, 1.82) is 0 Å². The number of hydrogen-bond donors (Lipinski definition) is 2.